The maximum Gasteiger partial charge on any atom is 0.329 e. The zero-order valence-electron chi connectivity index (χ0n) is 28.8. The second kappa shape index (κ2) is 16.7. The quantitative estimate of drug-likeness (QED) is 0.344. The number of carbonyl (C=O) groups is 5. The van der Waals surface area contributed by atoms with Crippen LogP contribution in [-0.2, 0) is 44.6 Å². The van der Waals surface area contributed by atoms with E-state index in [-0.39, 0.29) is 12.3 Å². The van der Waals surface area contributed by atoms with Crippen molar-refractivity contribution in [2.24, 2.45) is 11.8 Å². The molecule has 1 aliphatic rings. The van der Waals surface area contributed by atoms with Gasteiger partial charge in [-0.2, -0.15) is 0 Å². The number of esters is 2. The van der Waals surface area contributed by atoms with E-state index < -0.39 is 78.3 Å². The molecular weight excluding hydrogens is 596 g/mol. The van der Waals surface area contributed by atoms with E-state index >= 15 is 0 Å². The van der Waals surface area contributed by atoms with Gasteiger partial charge in [-0.15, -0.1) is 0 Å². The van der Waals surface area contributed by atoms with Crippen LogP contribution in [0.4, 0.5) is 5.69 Å². The SMILES string of the molecule is CCC(C)[C@H]1C(O)O[C@H](C)C(=O)N(C)[C@@H](C)C(=O)O[C@H](C)C(=O)N(C)[C@@H](C(C)CC)C(=O)O[C@H](Cc2ccc(N)cc2)C(=O)N1C. The summed E-state index contributed by atoms with van der Waals surface area (Å²) in [5.74, 6) is -4.24. The maximum absolute atomic E-state index is 14.2. The minimum absolute atomic E-state index is 0.0180. The van der Waals surface area contributed by atoms with E-state index in [1.54, 1.807) is 31.2 Å². The van der Waals surface area contributed by atoms with Crippen LogP contribution in [-0.4, -0.2) is 113 Å². The molecule has 0 aliphatic carbocycles. The standard InChI is InChI=1S/C33H52N4O9/c1-11-18(3)26-32(42)45-21(6)28(38)35(8)20(5)31(41)44-22(7)29(39)36(9)27(19(4)12-2)33(43)46-25(30(40)37(26)10)17-23-13-15-24(34)16-14-23/h13-16,18-22,25-27,32,42H,11-12,17,34H2,1-10H3/t18?,19?,20-,21+,22+,25+,26-,27-,32?/m0/s1. The van der Waals surface area contributed by atoms with Crippen LogP contribution in [0.2, 0.25) is 0 Å². The molecule has 1 fully saturated rings. The zero-order chi connectivity index (χ0) is 35.0. The third-order valence-corrected chi connectivity index (χ3v) is 9.04. The topological polar surface area (TPSA) is 169 Å². The largest absolute Gasteiger partial charge is 0.451 e. The predicted octanol–water partition coefficient (Wildman–Crippen LogP) is 1.99. The Morgan fingerprint density at radius 1 is 0.761 bits per heavy atom. The first kappa shape index (κ1) is 38.5. The fourth-order valence-electron chi connectivity index (χ4n) is 5.45. The molecule has 13 nitrogen and oxygen atoms in total. The number of amides is 3. The molecule has 0 saturated carbocycles. The molecule has 13 heteroatoms. The average molecular weight is 649 g/mol. The highest BCUT2D eigenvalue weighted by Gasteiger charge is 2.42. The predicted molar refractivity (Wildman–Crippen MR) is 171 cm³/mol. The van der Waals surface area contributed by atoms with Crippen LogP contribution in [0.3, 0.4) is 0 Å². The van der Waals surface area contributed by atoms with Crippen molar-refractivity contribution in [2.45, 2.75) is 110 Å². The molecule has 0 bridgehead atoms. The van der Waals surface area contributed by atoms with Gasteiger partial charge in [0.15, 0.2) is 18.5 Å². The van der Waals surface area contributed by atoms with Crippen molar-refractivity contribution in [3.8, 4) is 0 Å². The molecule has 1 aromatic rings. The van der Waals surface area contributed by atoms with Gasteiger partial charge in [0.1, 0.15) is 18.2 Å². The molecule has 3 amide bonds. The van der Waals surface area contributed by atoms with E-state index in [2.05, 4.69) is 0 Å². The number of nitrogens with two attached hydrogens (primary N) is 1. The first-order chi connectivity index (χ1) is 21.5. The van der Waals surface area contributed by atoms with Crippen LogP contribution in [0, 0.1) is 11.8 Å². The Kier molecular flexibility index (Phi) is 14.0. The first-order valence-corrected chi connectivity index (χ1v) is 15.8. The second-order valence-corrected chi connectivity index (χ2v) is 12.3. The number of cyclic esters (lactones) is 2. The lowest BCUT2D eigenvalue weighted by atomic mass is 9.95. The lowest BCUT2D eigenvalue weighted by Crippen LogP contribution is -2.56. The minimum atomic E-state index is -1.61. The van der Waals surface area contributed by atoms with Crippen molar-refractivity contribution in [2.75, 3.05) is 26.9 Å². The highest BCUT2D eigenvalue weighted by molar-refractivity contribution is 5.91. The zero-order valence-corrected chi connectivity index (χ0v) is 28.8. The van der Waals surface area contributed by atoms with Crippen molar-refractivity contribution in [1.29, 1.82) is 0 Å². The average Bonchev–Trinajstić information content (AvgIpc) is 3.02. The normalized spacial score (nSPS) is 29.5. The van der Waals surface area contributed by atoms with Gasteiger partial charge < -0.3 is 39.8 Å². The van der Waals surface area contributed by atoms with Crippen molar-refractivity contribution in [3.63, 3.8) is 0 Å². The molecule has 258 valence electrons. The van der Waals surface area contributed by atoms with Gasteiger partial charge in [-0.1, -0.05) is 52.7 Å². The number of hydrogen-bond acceptors (Lipinski definition) is 10. The summed E-state index contributed by atoms with van der Waals surface area (Å²) in [6.07, 6.45) is -4.46. The van der Waals surface area contributed by atoms with E-state index in [0.29, 0.717) is 24.1 Å². The fraction of sp³-hybridized carbons (Fsp3) is 0.667. The summed E-state index contributed by atoms with van der Waals surface area (Å²) >= 11 is 0. The number of hydrogen-bond donors (Lipinski definition) is 2. The van der Waals surface area contributed by atoms with Gasteiger partial charge in [0.25, 0.3) is 17.7 Å². The van der Waals surface area contributed by atoms with Gasteiger partial charge in [0.2, 0.25) is 0 Å². The molecule has 0 radical (unpaired) electrons. The molecule has 46 heavy (non-hydrogen) atoms. The molecule has 0 aromatic heterocycles. The van der Waals surface area contributed by atoms with E-state index in [1.165, 1.54) is 51.7 Å². The van der Waals surface area contributed by atoms with Gasteiger partial charge in [-0.05, 0) is 50.3 Å². The van der Waals surface area contributed by atoms with Crippen LogP contribution in [0.5, 0.6) is 0 Å². The summed E-state index contributed by atoms with van der Waals surface area (Å²) in [4.78, 5) is 71.4. The van der Waals surface area contributed by atoms with Gasteiger partial charge >= 0.3 is 11.9 Å². The molecule has 3 N–H and O–H groups in total. The lowest BCUT2D eigenvalue weighted by Gasteiger charge is -2.39. The van der Waals surface area contributed by atoms with Crippen LogP contribution in [0.25, 0.3) is 0 Å². The number of rotatable bonds is 6. The van der Waals surface area contributed by atoms with Crippen molar-refractivity contribution >= 4 is 35.3 Å². The smallest absolute Gasteiger partial charge is 0.329 e. The second-order valence-electron chi connectivity index (χ2n) is 12.3. The maximum atomic E-state index is 14.2. The highest BCUT2D eigenvalue weighted by Crippen LogP contribution is 2.24. The molecule has 1 heterocycles. The highest BCUT2D eigenvalue weighted by atomic mass is 16.6. The summed E-state index contributed by atoms with van der Waals surface area (Å²) in [5.41, 5.74) is 7.03. The molecule has 1 aliphatic heterocycles. The Morgan fingerprint density at radius 3 is 1.85 bits per heavy atom. The van der Waals surface area contributed by atoms with Gasteiger partial charge in [-0.3, -0.25) is 14.4 Å². The monoisotopic (exact) mass is 648 g/mol. The van der Waals surface area contributed by atoms with E-state index in [1.807, 2.05) is 20.8 Å². The van der Waals surface area contributed by atoms with Crippen LogP contribution >= 0.6 is 0 Å². The third-order valence-electron chi connectivity index (χ3n) is 9.04. The van der Waals surface area contributed by atoms with Crippen LogP contribution in [0.15, 0.2) is 24.3 Å². The van der Waals surface area contributed by atoms with Gasteiger partial charge in [0, 0.05) is 33.3 Å². The van der Waals surface area contributed by atoms with E-state index in [0.717, 1.165) is 4.90 Å². The molecule has 3 unspecified atom stereocenters. The molecule has 1 aromatic carbocycles. The number of anilines is 1. The Morgan fingerprint density at radius 2 is 1.30 bits per heavy atom. The summed E-state index contributed by atoms with van der Waals surface area (Å²) in [6, 6.07) is 3.60. The molecular formula is C33H52N4O9. The summed E-state index contributed by atoms with van der Waals surface area (Å²) < 4.78 is 17.1. The van der Waals surface area contributed by atoms with E-state index in [4.69, 9.17) is 19.9 Å². The van der Waals surface area contributed by atoms with Gasteiger partial charge in [0.05, 0.1) is 6.04 Å². The number of nitrogen functional groups attached to an aromatic ring is 1. The number of nitrogens with zero attached hydrogens (tertiary/aromatic N) is 3. The number of likely N-dealkylation sites (N-methyl/N-ethyl adjacent to an activating group) is 3. The molecule has 2 rings (SSSR count). The fourth-order valence-corrected chi connectivity index (χ4v) is 5.45. The van der Waals surface area contributed by atoms with Crippen molar-refractivity contribution < 1.29 is 43.3 Å². The van der Waals surface area contributed by atoms with Crippen LogP contribution in [0.1, 0.15) is 66.9 Å². The number of aliphatic hydroxyl groups excluding tert-OH is 1. The summed E-state index contributed by atoms with van der Waals surface area (Å²) in [5, 5.41) is 11.3. The number of carbonyl (C=O) groups excluding carboxylic acids is 5. The van der Waals surface area contributed by atoms with Crippen molar-refractivity contribution in [3.05, 3.63) is 29.8 Å². The Bertz CT molecular complexity index is 1230. The van der Waals surface area contributed by atoms with Crippen molar-refractivity contribution in [1.82, 2.24) is 14.7 Å². The van der Waals surface area contributed by atoms with Gasteiger partial charge in [-0.25, -0.2) is 9.59 Å². The molecule has 9 atom stereocenters. The Hall–Kier alpha value is -3.71. The Labute approximate surface area is 272 Å². The lowest BCUT2D eigenvalue weighted by molar-refractivity contribution is -0.196. The van der Waals surface area contributed by atoms with E-state index in [9.17, 15) is 29.1 Å². The number of ether oxygens (including phenoxy) is 3. The number of benzene rings is 1. The first-order valence-electron chi connectivity index (χ1n) is 15.8. The summed E-state index contributed by atoms with van der Waals surface area (Å²) in [6.45, 7) is 11.6. The van der Waals surface area contributed by atoms with Crippen LogP contribution < -0.4 is 5.73 Å². The summed E-state index contributed by atoms with van der Waals surface area (Å²) in [7, 11) is 4.28. The molecule has 1 saturated heterocycles. The Balaban J connectivity index is 2.69. The minimum Gasteiger partial charge on any atom is -0.451 e. The third kappa shape index (κ3) is 9.18. The molecule has 0 spiro atoms. The number of aliphatic hydroxyl groups is 1.